The van der Waals surface area contributed by atoms with E-state index >= 15 is 0 Å². The van der Waals surface area contributed by atoms with E-state index in [1.165, 1.54) is 11.3 Å². The summed E-state index contributed by atoms with van der Waals surface area (Å²) in [5.41, 5.74) is 2.85. The number of carbonyl (C=O) groups is 2. The highest BCUT2D eigenvalue weighted by Gasteiger charge is 2.24. The molecule has 7 heteroatoms. The molecule has 0 spiro atoms. The zero-order valence-electron chi connectivity index (χ0n) is 18.6. The number of aromatic amines is 1. The molecule has 4 rings (SSSR count). The molecule has 1 atom stereocenters. The summed E-state index contributed by atoms with van der Waals surface area (Å²) in [5.74, 6) is 0.238. The minimum absolute atomic E-state index is 0.0292. The molecule has 0 radical (unpaired) electrons. The Balaban J connectivity index is 1.52. The van der Waals surface area contributed by atoms with Crippen molar-refractivity contribution in [2.75, 3.05) is 0 Å². The van der Waals surface area contributed by atoms with Crippen LogP contribution in [0.25, 0.3) is 10.9 Å². The van der Waals surface area contributed by atoms with Gasteiger partial charge >= 0.3 is 0 Å². The Labute approximate surface area is 197 Å². The second-order valence-corrected chi connectivity index (χ2v) is 9.01. The number of amides is 2. The van der Waals surface area contributed by atoms with E-state index in [0.29, 0.717) is 17.8 Å². The Morgan fingerprint density at radius 2 is 1.79 bits per heavy atom. The van der Waals surface area contributed by atoms with E-state index < -0.39 is 6.04 Å². The normalized spacial score (nSPS) is 12.0. The summed E-state index contributed by atoms with van der Waals surface area (Å²) in [7, 11) is 0. The van der Waals surface area contributed by atoms with Crippen molar-refractivity contribution < 1.29 is 14.3 Å². The minimum Gasteiger partial charge on any atom is -0.491 e. The number of ether oxygens (including phenoxy) is 1. The van der Waals surface area contributed by atoms with Gasteiger partial charge in [0.25, 0.3) is 5.91 Å². The highest BCUT2D eigenvalue weighted by Crippen LogP contribution is 2.21. The molecule has 33 heavy (non-hydrogen) atoms. The molecule has 4 aromatic rings. The minimum atomic E-state index is -0.725. The van der Waals surface area contributed by atoms with Crippen LogP contribution in [0.4, 0.5) is 0 Å². The average molecular weight is 462 g/mol. The third-order valence-electron chi connectivity index (χ3n) is 5.25. The van der Waals surface area contributed by atoms with Gasteiger partial charge in [-0.25, -0.2) is 0 Å². The monoisotopic (exact) mass is 461 g/mol. The molecule has 2 heterocycles. The van der Waals surface area contributed by atoms with Gasteiger partial charge in [0.15, 0.2) is 0 Å². The third kappa shape index (κ3) is 5.62. The maximum Gasteiger partial charge on any atom is 0.262 e. The highest BCUT2D eigenvalue weighted by molar-refractivity contribution is 7.12. The van der Waals surface area contributed by atoms with Gasteiger partial charge in [-0.3, -0.25) is 9.59 Å². The maximum atomic E-state index is 13.2. The lowest BCUT2D eigenvalue weighted by Crippen LogP contribution is -2.47. The van der Waals surface area contributed by atoms with E-state index in [0.717, 1.165) is 27.8 Å². The van der Waals surface area contributed by atoms with E-state index in [2.05, 4.69) is 15.6 Å². The van der Waals surface area contributed by atoms with Crippen molar-refractivity contribution in [3.05, 3.63) is 88.2 Å². The summed E-state index contributed by atoms with van der Waals surface area (Å²) in [6.07, 6.45) is 2.30. The Morgan fingerprint density at radius 1 is 1.00 bits per heavy atom. The molecule has 0 saturated carbocycles. The molecule has 0 aliphatic carbocycles. The predicted octanol–water partition coefficient (Wildman–Crippen LogP) is 4.67. The number of thiophene rings is 1. The van der Waals surface area contributed by atoms with Crippen LogP contribution in [0, 0.1) is 0 Å². The first-order valence-corrected chi connectivity index (χ1v) is 11.8. The smallest absolute Gasteiger partial charge is 0.262 e. The highest BCUT2D eigenvalue weighted by atomic mass is 32.1. The van der Waals surface area contributed by atoms with Gasteiger partial charge in [0.05, 0.1) is 11.0 Å². The molecular formula is C26H27N3O3S. The molecular weight excluding hydrogens is 434 g/mol. The molecule has 2 amide bonds. The quantitative estimate of drug-likeness (QED) is 0.339. The summed E-state index contributed by atoms with van der Waals surface area (Å²) >= 11 is 1.35. The van der Waals surface area contributed by atoms with E-state index in [4.69, 9.17) is 4.74 Å². The number of fused-ring (bicyclic) bond motifs is 1. The summed E-state index contributed by atoms with van der Waals surface area (Å²) in [5, 5.41) is 8.78. The fourth-order valence-corrected chi connectivity index (χ4v) is 4.32. The standard InChI is InChI=1S/C26H27N3O3S/c1-17(2)32-23-11-6-3-8-18(23)15-28-25(30)22(29-26(31)24-12-7-13-33-24)14-19-16-27-21-10-5-4-9-20(19)21/h3-13,16-17,22,27H,14-15H2,1-2H3,(H,28,30)(H,29,31). The summed E-state index contributed by atoms with van der Waals surface area (Å²) < 4.78 is 5.86. The number of hydrogen-bond donors (Lipinski definition) is 3. The number of para-hydroxylation sites is 2. The summed E-state index contributed by atoms with van der Waals surface area (Å²) in [4.78, 5) is 29.8. The first-order chi connectivity index (χ1) is 16.0. The Hall–Kier alpha value is -3.58. The molecule has 0 aliphatic heterocycles. The molecule has 3 N–H and O–H groups in total. The molecule has 1 unspecified atom stereocenters. The van der Waals surface area contributed by atoms with Crippen molar-refractivity contribution in [1.82, 2.24) is 15.6 Å². The van der Waals surface area contributed by atoms with Crippen LogP contribution in [-0.4, -0.2) is 28.9 Å². The zero-order valence-corrected chi connectivity index (χ0v) is 19.4. The van der Waals surface area contributed by atoms with Crippen LogP contribution in [0.5, 0.6) is 5.75 Å². The van der Waals surface area contributed by atoms with Gasteiger partial charge in [-0.1, -0.05) is 42.5 Å². The lowest BCUT2D eigenvalue weighted by molar-refractivity contribution is -0.123. The van der Waals surface area contributed by atoms with Crippen LogP contribution in [-0.2, 0) is 17.8 Å². The van der Waals surface area contributed by atoms with Crippen molar-refractivity contribution in [3.63, 3.8) is 0 Å². The fourth-order valence-electron chi connectivity index (χ4n) is 3.69. The molecule has 2 aromatic carbocycles. The van der Waals surface area contributed by atoms with Crippen LogP contribution in [0.15, 0.2) is 72.2 Å². The van der Waals surface area contributed by atoms with Crippen molar-refractivity contribution in [2.45, 2.75) is 39.0 Å². The average Bonchev–Trinajstić information content (AvgIpc) is 3.48. The van der Waals surface area contributed by atoms with Crippen molar-refractivity contribution in [1.29, 1.82) is 0 Å². The number of aromatic nitrogens is 1. The molecule has 0 bridgehead atoms. The number of hydrogen-bond acceptors (Lipinski definition) is 4. The Kier molecular flexibility index (Phi) is 7.10. The van der Waals surface area contributed by atoms with Gasteiger partial charge in [-0.15, -0.1) is 11.3 Å². The van der Waals surface area contributed by atoms with Crippen LogP contribution < -0.4 is 15.4 Å². The number of H-pyrrole nitrogens is 1. The number of rotatable bonds is 9. The van der Waals surface area contributed by atoms with E-state index in [-0.39, 0.29) is 17.9 Å². The molecule has 6 nitrogen and oxygen atoms in total. The van der Waals surface area contributed by atoms with E-state index in [1.54, 1.807) is 6.07 Å². The van der Waals surface area contributed by atoms with Crippen LogP contribution in [0.1, 0.15) is 34.6 Å². The predicted molar refractivity (Wildman–Crippen MR) is 132 cm³/mol. The summed E-state index contributed by atoms with van der Waals surface area (Å²) in [6, 6.07) is 18.4. The van der Waals surface area contributed by atoms with Crippen LogP contribution in [0.2, 0.25) is 0 Å². The van der Waals surface area contributed by atoms with Crippen molar-refractivity contribution in [2.24, 2.45) is 0 Å². The van der Waals surface area contributed by atoms with Gasteiger partial charge in [-0.05, 0) is 43.0 Å². The van der Waals surface area contributed by atoms with Crippen LogP contribution in [0.3, 0.4) is 0 Å². The molecule has 0 saturated heterocycles. The Bertz CT molecular complexity index is 1230. The second-order valence-electron chi connectivity index (χ2n) is 8.06. The molecule has 170 valence electrons. The van der Waals surface area contributed by atoms with Gasteiger partial charge in [0, 0.05) is 35.6 Å². The third-order valence-corrected chi connectivity index (χ3v) is 6.12. The topological polar surface area (TPSA) is 83.2 Å². The van der Waals surface area contributed by atoms with Gasteiger partial charge in [0.1, 0.15) is 11.8 Å². The lowest BCUT2D eigenvalue weighted by Gasteiger charge is -2.19. The Morgan fingerprint density at radius 3 is 2.58 bits per heavy atom. The fraction of sp³-hybridized carbons (Fsp3) is 0.231. The molecule has 2 aromatic heterocycles. The number of nitrogens with one attached hydrogen (secondary N) is 3. The largest absolute Gasteiger partial charge is 0.491 e. The van der Waals surface area contributed by atoms with E-state index in [1.807, 2.05) is 80.0 Å². The van der Waals surface area contributed by atoms with Crippen molar-refractivity contribution >= 4 is 34.1 Å². The van der Waals surface area contributed by atoms with Gasteiger partial charge < -0.3 is 20.4 Å². The molecule has 0 fully saturated rings. The number of carbonyl (C=O) groups excluding carboxylic acids is 2. The number of benzene rings is 2. The van der Waals surface area contributed by atoms with Crippen molar-refractivity contribution in [3.8, 4) is 5.75 Å². The van der Waals surface area contributed by atoms with Crippen LogP contribution >= 0.6 is 11.3 Å². The van der Waals surface area contributed by atoms with Gasteiger partial charge in [-0.2, -0.15) is 0 Å². The second kappa shape index (κ2) is 10.4. The van der Waals surface area contributed by atoms with Gasteiger partial charge in [0.2, 0.25) is 5.91 Å². The summed E-state index contributed by atoms with van der Waals surface area (Å²) in [6.45, 7) is 4.24. The first-order valence-electron chi connectivity index (χ1n) is 10.9. The first kappa shape index (κ1) is 22.6. The zero-order chi connectivity index (χ0) is 23.2. The maximum absolute atomic E-state index is 13.2. The SMILES string of the molecule is CC(C)Oc1ccccc1CNC(=O)C(Cc1c[nH]c2ccccc12)NC(=O)c1cccs1. The van der Waals surface area contributed by atoms with E-state index in [9.17, 15) is 9.59 Å². The molecule has 0 aliphatic rings. The lowest BCUT2D eigenvalue weighted by atomic mass is 10.0.